The monoisotopic (exact) mass is 914 g/mol. The van der Waals surface area contributed by atoms with Gasteiger partial charge in [0.25, 0.3) is 0 Å². The van der Waals surface area contributed by atoms with Gasteiger partial charge in [0.1, 0.15) is 6.04 Å². The Hall–Kier alpha value is -2.23. The van der Waals surface area contributed by atoms with Crippen LogP contribution in [-0.2, 0) is 28.6 Å². The Morgan fingerprint density at radius 2 is 1.00 bits per heavy atom. The van der Waals surface area contributed by atoms with Gasteiger partial charge < -0.3 is 30.2 Å². The Morgan fingerprint density at radius 3 is 1.51 bits per heavy atom. The van der Waals surface area contributed by atoms with Gasteiger partial charge >= 0.3 is 0 Å². The molecule has 9 nitrogen and oxygen atoms in total. The topological polar surface area (TPSA) is 115 Å². The van der Waals surface area contributed by atoms with E-state index in [1.807, 2.05) is 0 Å². The standard InChI is InChI=1S/C56H103N3O6/c1-12-35-63-37-39-65-40-38-64-36-19-34-58-54(62)51(59-53(61)42-46(5)23-16-21-44(3)28-30-50-48(7)25-18-32-56(50,10)11)26-13-14-33-57-52(60)41-45(4)22-15-20-43(2)27-29-49-47(6)24-17-31-55(49,8)9/h43-46,51H,12-42H2,1-11H3,(H,57,60)(H,58,62)(H,59,61)/t43?,44?,45?,46?,51-/m0/s1. The van der Waals surface area contributed by atoms with E-state index in [9.17, 15) is 14.4 Å². The number of carbonyl (C=O) groups excluding carboxylic acids is 3. The van der Waals surface area contributed by atoms with Gasteiger partial charge in [0.15, 0.2) is 0 Å². The van der Waals surface area contributed by atoms with Crippen molar-refractivity contribution in [1.29, 1.82) is 0 Å². The SMILES string of the molecule is CCCOCCOCCOCCCNC(=O)[C@H](CCCCNC(=O)CC(C)CCCC(C)CCC1=C(C)CCCC1(C)C)NC(=O)CC(C)CCCC(C)CCC1=C(C)CCCC1(C)C. The van der Waals surface area contributed by atoms with E-state index in [0.717, 1.165) is 45.1 Å². The minimum atomic E-state index is -0.603. The molecule has 0 aromatic carbocycles. The van der Waals surface area contributed by atoms with Crippen LogP contribution < -0.4 is 16.0 Å². The molecule has 0 bridgehead atoms. The van der Waals surface area contributed by atoms with Crippen LogP contribution >= 0.6 is 0 Å². The quantitative estimate of drug-likeness (QED) is 0.0422. The van der Waals surface area contributed by atoms with Gasteiger partial charge in [-0.05, 0) is 145 Å². The summed E-state index contributed by atoms with van der Waals surface area (Å²) in [6.07, 6.45) is 24.1. The van der Waals surface area contributed by atoms with E-state index in [-0.39, 0.29) is 23.6 Å². The normalized spacial score (nSPS) is 18.5. The number of hydrogen-bond donors (Lipinski definition) is 3. The molecule has 0 aromatic rings. The Labute approximate surface area is 400 Å². The molecule has 0 spiro atoms. The molecule has 3 amide bonds. The molecule has 0 fully saturated rings. The lowest BCUT2D eigenvalue weighted by molar-refractivity contribution is -0.129. The van der Waals surface area contributed by atoms with Gasteiger partial charge in [0.2, 0.25) is 17.7 Å². The third kappa shape index (κ3) is 26.2. The molecule has 9 heteroatoms. The minimum absolute atomic E-state index is 0.0617. The molecule has 0 aliphatic heterocycles. The van der Waals surface area contributed by atoms with Crippen LogP contribution in [0.1, 0.15) is 224 Å². The molecule has 4 unspecified atom stereocenters. The van der Waals surface area contributed by atoms with Gasteiger partial charge in [-0.1, -0.05) is 123 Å². The van der Waals surface area contributed by atoms with Crippen molar-refractivity contribution in [3.63, 3.8) is 0 Å². The first kappa shape index (κ1) is 58.9. The molecule has 2 aliphatic carbocycles. The number of rotatable bonds is 37. The lowest BCUT2D eigenvalue weighted by Crippen LogP contribution is -2.47. The third-order valence-electron chi connectivity index (χ3n) is 14.8. The van der Waals surface area contributed by atoms with Gasteiger partial charge in [0, 0.05) is 39.1 Å². The molecular weight excluding hydrogens is 811 g/mol. The summed E-state index contributed by atoms with van der Waals surface area (Å²) in [7, 11) is 0. The van der Waals surface area contributed by atoms with Crippen molar-refractivity contribution < 1.29 is 28.6 Å². The zero-order valence-electron chi connectivity index (χ0n) is 44.3. The van der Waals surface area contributed by atoms with E-state index in [0.29, 0.717) is 100 Å². The highest BCUT2D eigenvalue weighted by Crippen LogP contribution is 2.44. The molecule has 0 radical (unpaired) electrons. The second kappa shape index (κ2) is 33.3. The van der Waals surface area contributed by atoms with Crippen LogP contribution in [0.3, 0.4) is 0 Å². The fourth-order valence-corrected chi connectivity index (χ4v) is 10.5. The fourth-order valence-electron chi connectivity index (χ4n) is 10.5. The number of ether oxygens (including phenoxy) is 3. The van der Waals surface area contributed by atoms with Crippen LogP contribution in [0, 0.1) is 34.5 Å². The smallest absolute Gasteiger partial charge is 0.242 e. The van der Waals surface area contributed by atoms with Crippen LogP contribution in [-0.4, -0.2) is 76.5 Å². The fraction of sp³-hybridized carbons (Fsp3) is 0.875. The Bertz CT molecular complexity index is 1400. The van der Waals surface area contributed by atoms with Crippen LogP contribution in [0.5, 0.6) is 0 Å². The highest BCUT2D eigenvalue weighted by Gasteiger charge is 2.29. The zero-order valence-corrected chi connectivity index (χ0v) is 44.3. The summed E-state index contributed by atoms with van der Waals surface area (Å²) in [6, 6.07) is -0.603. The zero-order chi connectivity index (χ0) is 48.1. The van der Waals surface area contributed by atoms with E-state index in [2.05, 4.69) is 92.1 Å². The Morgan fingerprint density at radius 1 is 0.538 bits per heavy atom. The second-order valence-corrected chi connectivity index (χ2v) is 22.2. The molecule has 0 heterocycles. The van der Waals surface area contributed by atoms with Crippen LogP contribution in [0.15, 0.2) is 22.3 Å². The maximum absolute atomic E-state index is 13.4. The number of amides is 3. The molecule has 378 valence electrons. The van der Waals surface area contributed by atoms with Gasteiger partial charge in [-0.25, -0.2) is 0 Å². The van der Waals surface area contributed by atoms with E-state index in [4.69, 9.17) is 14.2 Å². The lowest BCUT2D eigenvalue weighted by Gasteiger charge is -2.35. The summed E-state index contributed by atoms with van der Waals surface area (Å²) >= 11 is 0. The average molecular weight is 914 g/mol. The van der Waals surface area contributed by atoms with Crippen molar-refractivity contribution >= 4 is 17.7 Å². The van der Waals surface area contributed by atoms with E-state index in [1.54, 1.807) is 22.3 Å². The number of hydrogen-bond acceptors (Lipinski definition) is 6. The number of unbranched alkanes of at least 4 members (excludes halogenated alkanes) is 1. The first-order valence-corrected chi connectivity index (χ1v) is 26.9. The van der Waals surface area contributed by atoms with Crippen molar-refractivity contribution in [2.45, 2.75) is 230 Å². The highest BCUT2D eigenvalue weighted by atomic mass is 16.5. The summed E-state index contributed by atoms with van der Waals surface area (Å²) < 4.78 is 16.7. The minimum Gasteiger partial charge on any atom is -0.379 e. The molecular formula is C56H103N3O6. The maximum Gasteiger partial charge on any atom is 0.242 e. The maximum atomic E-state index is 13.4. The predicted molar refractivity (Wildman–Crippen MR) is 272 cm³/mol. The van der Waals surface area contributed by atoms with Gasteiger partial charge in [-0.3, -0.25) is 14.4 Å². The van der Waals surface area contributed by atoms with Gasteiger partial charge in [-0.2, -0.15) is 0 Å². The molecule has 0 aromatic heterocycles. The largest absolute Gasteiger partial charge is 0.379 e. The number of allylic oxidation sites excluding steroid dienone is 4. The van der Waals surface area contributed by atoms with Crippen molar-refractivity contribution in [2.24, 2.45) is 34.5 Å². The van der Waals surface area contributed by atoms with Crippen LogP contribution in [0.25, 0.3) is 0 Å². The number of carbonyl (C=O) groups is 3. The highest BCUT2D eigenvalue weighted by molar-refractivity contribution is 5.87. The average Bonchev–Trinajstić information content (AvgIpc) is 3.22. The summed E-state index contributed by atoms with van der Waals surface area (Å²) in [6.45, 7) is 30.1. The van der Waals surface area contributed by atoms with Gasteiger partial charge in [0.05, 0.1) is 26.4 Å². The molecule has 2 rings (SSSR count). The van der Waals surface area contributed by atoms with Crippen molar-refractivity contribution in [3.05, 3.63) is 22.3 Å². The van der Waals surface area contributed by atoms with E-state index in [1.165, 1.54) is 83.5 Å². The van der Waals surface area contributed by atoms with E-state index >= 15 is 0 Å². The van der Waals surface area contributed by atoms with Crippen molar-refractivity contribution in [2.75, 3.05) is 52.7 Å². The molecule has 5 atom stereocenters. The van der Waals surface area contributed by atoms with Crippen LogP contribution in [0.2, 0.25) is 0 Å². The van der Waals surface area contributed by atoms with Crippen molar-refractivity contribution in [3.8, 4) is 0 Å². The summed E-state index contributed by atoms with van der Waals surface area (Å²) in [5, 5.41) is 9.25. The molecule has 65 heavy (non-hydrogen) atoms. The van der Waals surface area contributed by atoms with Gasteiger partial charge in [-0.15, -0.1) is 0 Å². The Kier molecular flexibility index (Phi) is 30.2. The number of nitrogens with one attached hydrogen (secondary N) is 3. The third-order valence-corrected chi connectivity index (χ3v) is 14.8. The lowest BCUT2D eigenvalue weighted by atomic mass is 9.70. The summed E-state index contributed by atoms with van der Waals surface area (Å²) in [5.41, 5.74) is 7.33. The predicted octanol–water partition coefficient (Wildman–Crippen LogP) is 13.0. The second-order valence-electron chi connectivity index (χ2n) is 22.2. The van der Waals surface area contributed by atoms with E-state index < -0.39 is 6.04 Å². The Balaban J connectivity index is 1.74. The van der Waals surface area contributed by atoms with Crippen molar-refractivity contribution in [1.82, 2.24) is 16.0 Å². The molecule has 0 saturated carbocycles. The first-order valence-electron chi connectivity index (χ1n) is 26.9. The summed E-state index contributed by atoms with van der Waals surface area (Å²) in [5.74, 6) is 1.87. The van der Waals surface area contributed by atoms with Crippen LogP contribution in [0.4, 0.5) is 0 Å². The molecule has 0 saturated heterocycles. The first-order chi connectivity index (χ1) is 30.9. The summed E-state index contributed by atoms with van der Waals surface area (Å²) in [4.78, 5) is 39.6. The molecule has 3 N–H and O–H groups in total. The molecule has 2 aliphatic rings.